The largest absolute Gasteiger partial charge is 0.378 e. The van der Waals surface area contributed by atoms with Gasteiger partial charge < -0.3 is 19.9 Å². The normalized spacial score (nSPS) is 24.1. The molecule has 0 spiro atoms. The molecule has 25 heavy (non-hydrogen) atoms. The molecule has 0 bridgehead atoms. The number of nitrogens with zero attached hydrogens (tertiary/aromatic N) is 2. The smallest absolute Gasteiger partial charge is 0.264 e. The molecule has 0 saturated carbocycles. The number of nitrogens with one attached hydrogen (secondary N) is 1. The second-order valence-electron chi connectivity index (χ2n) is 6.92. The van der Waals surface area contributed by atoms with Crippen molar-refractivity contribution in [1.82, 2.24) is 15.1 Å². The number of carbonyl (C=O) groups excluding carboxylic acids is 2. The fourth-order valence-corrected chi connectivity index (χ4v) is 5.11. The Bertz CT molecular complexity index is 630. The van der Waals surface area contributed by atoms with E-state index in [1.807, 2.05) is 4.90 Å². The van der Waals surface area contributed by atoms with Crippen molar-refractivity contribution in [2.75, 3.05) is 45.9 Å². The standard InChI is InChI=1S/C18H25N3O3S/c22-17(20-7-9-24-10-8-20)14-12-19-5-6-21(14)18(23)16-11-13-3-1-2-4-15(13)25-16/h11,14,19H,1-10,12H2/t14-/m1/s1. The molecule has 2 amide bonds. The van der Waals surface area contributed by atoms with Gasteiger partial charge in [0, 0.05) is 37.6 Å². The molecule has 3 aliphatic rings. The third-order valence-electron chi connectivity index (χ3n) is 5.32. The summed E-state index contributed by atoms with van der Waals surface area (Å²) in [5, 5.41) is 3.27. The van der Waals surface area contributed by atoms with Crippen LogP contribution in [-0.2, 0) is 22.4 Å². The lowest BCUT2D eigenvalue weighted by atomic mass is 9.99. The van der Waals surface area contributed by atoms with Crippen LogP contribution < -0.4 is 5.32 Å². The highest BCUT2D eigenvalue weighted by molar-refractivity contribution is 7.14. The third kappa shape index (κ3) is 3.45. The van der Waals surface area contributed by atoms with E-state index in [9.17, 15) is 9.59 Å². The van der Waals surface area contributed by atoms with Crippen molar-refractivity contribution in [2.24, 2.45) is 0 Å². The zero-order valence-electron chi connectivity index (χ0n) is 14.5. The number of fused-ring (bicyclic) bond motifs is 1. The Morgan fingerprint density at radius 3 is 2.76 bits per heavy atom. The highest BCUT2D eigenvalue weighted by Crippen LogP contribution is 2.31. The van der Waals surface area contributed by atoms with Crippen LogP contribution in [0.3, 0.4) is 0 Å². The fourth-order valence-electron chi connectivity index (χ4n) is 3.90. The molecule has 4 rings (SSSR count). The van der Waals surface area contributed by atoms with Gasteiger partial charge in [-0.25, -0.2) is 0 Å². The average Bonchev–Trinajstić information content (AvgIpc) is 3.12. The molecule has 1 aliphatic carbocycles. The van der Waals surface area contributed by atoms with Crippen molar-refractivity contribution in [3.8, 4) is 0 Å². The molecule has 2 fully saturated rings. The van der Waals surface area contributed by atoms with E-state index in [2.05, 4.69) is 11.4 Å². The van der Waals surface area contributed by atoms with Crippen LogP contribution >= 0.6 is 11.3 Å². The summed E-state index contributed by atoms with van der Waals surface area (Å²) in [5.41, 5.74) is 1.34. The minimum absolute atomic E-state index is 0.0208. The van der Waals surface area contributed by atoms with Crippen LogP contribution in [0, 0.1) is 0 Å². The monoisotopic (exact) mass is 363 g/mol. The molecule has 0 unspecified atom stereocenters. The van der Waals surface area contributed by atoms with E-state index in [1.54, 1.807) is 16.2 Å². The molecular weight excluding hydrogens is 338 g/mol. The number of carbonyl (C=O) groups is 2. The van der Waals surface area contributed by atoms with Gasteiger partial charge in [0.25, 0.3) is 5.91 Å². The van der Waals surface area contributed by atoms with Gasteiger partial charge in [0.1, 0.15) is 6.04 Å². The van der Waals surface area contributed by atoms with E-state index in [1.165, 1.54) is 23.3 Å². The van der Waals surface area contributed by atoms with Gasteiger partial charge in [-0.2, -0.15) is 0 Å². The van der Waals surface area contributed by atoms with Crippen LogP contribution in [0.25, 0.3) is 0 Å². The molecule has 0 aromatic carbocycles. The summed E-state index contributed by atoms with van der Waals surface area (Å²) < 4.78 is 5.34. The van der Waals surface area contributed by atoms with Gasteiger partial charge in [-0.3, -0.25) is 9.59 Å². The molecular formula is C18H25N3O3S. The first kappa shape index (κ1) is 17.0. The summed E-state index contributed by atoms with van der Waals surface area (Å²) in [4.78, 5) is 31.8. The van der Waals surface area contributed by atoms with Crippen molar-refractivity contribution in [1.29, 1.82) is 0 Å². The van der Waals surface area contributed by atoms with Crippen LogP contribution in [0.2, 0.25) is 0 Å². The summed E-state index contributed by atoms with van der Waals surface area (Å²) in [6, 6.07) is 1.67. The second kappa shape index (κ2) is 7.43. The predicted molar refractivity (Wildman–Crippen MR) is 96.1 cm³/mol. The Kier molecular flexibility index (Phi) is 5.05. The number of thiophene rings is 1. The Morgan fingerprint density at radius 1 is 1.16 bits per heavy atom. The molecule has 6 nitrogen and oxygen atoms in total. The molecule has 0 radical (unpaired) electrons. The van der Waals surface area contributed by atoms with Crippen molar-refractivity contribution in [3.63, 3.8) is 0 Å². The van der Waals surface area contributed by atoms with Crippen molar-refractivity contribution in [3.05, 3.63) is 21.4 Å². The summed E-state index contributed by atoms with van der Waals surface area (Å²) >= 11 is 1.63. The maximum Gasteiger partial charge on any atom is 0.264 e. The highest BCUT2D eigenvalue weighted by Gasteiger charge is 2.36. The number of amides is 2. The fraction of sp³-hybridized carbons (Fsp3) is 0.667. The zero-order valence-corrected chi connectivity index (χ0v) is 15.3. The van der Waals surface area contributed by atoms with Crippen LogP contribution in [0.4, 0.5) is 0 Å². The number of morpholine rings is 1. The van der Waals surface area contributed by atoms with Crippen LogP contribution in [0.15, 0.2) is 6.07 Å². The maximum atomic E-state index is 13.1. The zero-order chi connectivity index (χ0) is 17.2. The van der Waals surface area contributed by atoms with Gasteiger partial charge >= 0.3 is 0 Å². The van der Waals surface area contributed by atoms with E-state index in [-0.39, 0.29) is 11.8 Å². The van der Waals surface area contributed by atoms with Gasteiger partial charge in [-0.1, -0.05) is 0 Å². The third-order valence-corrected chi connectivity index (χ3v) is 6.54. The lowest BCUT2D eigenvalue weighted by Gasteiger charge is -2.38. The predicted octanol–water partition coefficient (Wildman–Crippen LogP) is 0.900. The first-order valence-corrected chi connectivity index (χ1v) is 10.1. The molecule has 1 N–H and O–H groups in total. The van der Waals surface area contributed by atoms with Crippen molar-refractivity contribution in [2.45, 2.75) is 31.7 Å². The number of hydrogen-bond donors (Lipinski definition) is 1. The van der Waals surface area contributed by atoms with E-state index in [0.29, 0.717) is 39.4 Å². The first-order chi connectivity index (χ1) is 12.2. The number of piperazine rings is 1. The van der Waals surface area contributed by atoms with Gasteiger partial charge in [0.05, 0.1) is 18.1 Å². The van der Waals surface area contributed by atoms with Crippen LogP contribution in [-0.4, -0.2) is 73.6 Å². The lowest BCUT2D eigenvalue weighted by Crippen LogP contribution is -2.61. The minimum atomic E-state index is -0.404. The number of hydrogen-bond acceptors (Lipinski definition) is 5. The second-order valence-corrected chi connectivity index (χ2v) is 8.06. The molecule has 2 saturated heterocycles. The van der Waals surface area contributed by atoms with E-state index in [4.69, 9.17) is 4.74 Å². The molecule has 7 heteroatoms. The molecule has 1 aromatic rings. The summed E-state index contributed by atoms with van der Waals surface area (Å²) in [6.07, 6.45) is 4.60. The SMILES string of the molecule is O=C([C@H]1CNCCN1C(=O)c1cc2c(s1)CCCC2)N1CCOCC1. The van der Waals surface area contributed by atoms with Gasteiger partial charge in [0.2, 0.25) is 5.91 Å². The Labute approximate surface area is 152 Å². The Balaban J connectivity index is 1.52. The maximum absolute atomic E-state index is 13.1. The van der Waals surface area contributed by atoms with E-state index in [0.717, 1.165) is 24.3 Å². The van der Waals surface area contributed by atoms with E-state index >= 15 is 0 Å². The van der Waals surface area contributed by atoms with Gasteiger partial charge in [0.15, 0.2) is 0 Å². The number of rotatable bonds is 2. The quantitative estimate of drug-likeness (QED) is 0.848. The first-order valence-electron chi connectivity index (χ1n) is 9.24. The lowest BCUT2D eigenvalue weighted by molar-refractivity contribution is -0.140. The van der Waals surface area contributed by atoms with Crippen molar-refractivity contribution < 1.29 is 14.3 Å². The summed E-state index contributed by atoms with van der Waals surface area (Å²) in [5.74, 6) is 0.0673. The number of ether oxygens (including phenoxy) is 1. The molecule has 1 aromatic heterocycles. The topological polar surface area (TPSA) is 61.9 Å². The number of aryl methyl sites for hydroxylation is 2. The van der Waals surface area contributed by atoms with Crippen LogP contribution in [0.5, 0.6) is 0 Å². The average molecular weight is 363 g/mol. The van der Waals surface area contributed by atoms with Crippen molar-refractivity contribution >= 4 is 23.2 Å². The van der Waals surface area contributed by atoms with Gasteiger partial charge in [-0.05, 0) is 37.3 Å². The Morgan fingerprint density at radius 2 is 1.96 bits per heavy atom. The summed E-state index contributed by atoms with van der Waals surface area (Å²) in [6.45, 7) is 4.25. The molecule has 1 atom stereocenters. The Hall–Kier alpha value is -1.44. The molecule has 136 valence electrons. The van der Waals surface area contributed by atoms with Crippen LogP contribution in [0.1, 0.15) is 33.0 Å². The minimum Gasteiger partial charge on any atom is -0.378 e. The summed E-state index contributed by atoms with van der Waals surface area (Å²) in [7, 11) is 0. The van der Waals surface area contributed by atoms with E-state index < -0.39 is 6.04 Å². The highest BCUT2D eigenvalue weighted by atomic mass is 32.1. The molecule has 3 heterocycles. The molecule has 2 aliphatic heterocycles. The van der Waals surface area contributed by atoms with Gasteiger partial charge in [-0.15, -0.1) is 11.3 Å².